The second-order valence-corrected chi connectivity index (χ2v) is 6.40. The van der Waals surface area contributed by atoms with E-state index in [4.69, 9.17) is 14.2 Å². The van der Waals surface area contributed by atoms with Crippen molar-refractivity contribution in [3.63, 3.8) is 0 Å². The fourth-order valence-electron chi connectivity index (χ4n) is 3.23. The van der Waals surface area contributed by atoms with Gasteiger partial charge in [-0.25, -0.2) is 4.79 Å². The number of aryl methyl sites for hydroxylation is 1. The second kappa shape index (κ2) is 9.82. The van der Waals surface area contributed by atoms with E-state index < -0.39 is 5.97 Å². The summed E-state index contributed by atoms with van der Waals surface area (Å²) in [5.41, 5.74) is 3.13. The zero-order valence-electron chi connectivity index (χ0n) is 17.1. The highest BCUT2D eigenvalue weighted by atomic mass is 16.5. The summed E-state index contributed by atoms with van der Waals surface area (Å²) in [6.45, 7) is 4.18. The first-order valence-corrected chi connectivity index (χ1v) is 9.25. The van der Waals surface area contributed by atoms with Crippen molar-refractivity contribution in [1.82, 2.24) is 10.3 Å². The molecule has 7 nitrogen and oxygen atoms in total. The first-order chi connectivity index (χ1) is 13.5. The van der Waals surface area contributed by atoms with Crippen LogP contribution in [0.5, 0.6) is 11.5 Å². The molecule has 1 heterocycles. The van der Waals surface area contributed by atoms with Gasteiger partial charge in [0.05, 0.1) is 26.9 Å². The molecule has 0 aliphatic carbocycles. The number of hydrogen-bond donors (Lipinski definition) is 2. The summed E-state index contributed by atoms with van der Waals surface area (Å²) in [5, 5.41) is 2.91. The number of ether oxygens (including phenoxy) is 3. The number of hydrogen-bond acceptors (Lipinski definition) is 5. The van der Waals surface area contributed by atoms with Crippen LogP contribution in [0.3, 0.4) is 0 Å². The van der Waals surface area contributed by atoms with Crippen molar-refractivity contribution in [3.8, 4) is 11.5 Å². The third-order valence-corrected chi connectivity index (χ3v) is 4.58. The Kier molecular flexibility index (Phi) is 7.49. The van der Waals surface area contributed by atoms with Crippen molar-refractivity contribution in [3.05, 3.63) is 46.3 Å². The second-order valence-electron chi connectivity index (χ2n) is 6.40. The third kappa shape index (κ3) is 4.65. The highest BCUT2D eigenvalue weighted by molar-refractivity contribution is 6.00. The molecule has 0 saturated carbocycles. The van der Waals surface area contributed by atoms with Crippen LogP contribution in [0.4, 0.5) is 0 Å². The summed E-state index contributed by atoms with van der Waals surface area (Å²) >= 11 is 0. The number of aromatic amines is 1. The van der Waals surface area contributed by atoms with Crippen molar-refractivity contribution in [2.24, 2.45) is 0 Å². The molecule has 0 spiro atoms. The van der Waals surface area contributed by atoms with Crippen LogP contribution in [-0.2, 0) is 17.6 Å². The normalized spacial score (nSPS) is 10.5. The molecular weight excluding hydrogens is 360 g/mol. The van der Waals surface area contributed by atoms with Crippen molar-refractivity contribution >= 4 is 11.9 Å². The summed E-state index contributed by atoms with van der Waals surface area (Å²) in [7, 11) is 4.55. The quantitative estimate of drug-likeness (QED) is 0.645. The molecule has 2 N–H and O–H groups in total. The van der Waals surface area contributed by atoms with Gasteiger partial charge in [-0.2, -0.15) is 0 Å². The van der Waals surface area contributed by atoms with E-state index >= 15 is 0 Å². The van der Waals surface area contributed by atoms with E-state index in [0.717, 1.165) is 23.5 Å². The molecule has 1 aromatic carbocycles. The molecule has 0 fully saturated rings. The minimum absolute atomic E-state index is 0.247. The van der Waals surface area contributed by atoms with Crippen molar-refractivity contribution < 1.29 is 23.8 Å². The molecule has 0 radical (unpaired) electrons. The average Bonchev–Trinajstić information content (AvgIpc) is 3.03. The van der Waals surface area contributed by atoms with Gasteiger partial charge in [-0.15, -0.1) is 0 Å². The number of carbonyl (C=O) groups excluding carboxylic acids is 2. The lowest BCUT2D eigenvalue weighted by atomic mass is 10.0. The molecule has 152 valence electrons. The Balaban J connectivity index is 2.15. The third-order valence-electron chi connectivity index (χ3n) is 4.58. The molecule has 0 atom stereocenters. The minimum atomic E-state index is -0.433. The number of nitrogens with one attached hydrogen (secondary N) is 2. The van der Waals surface area contributed by atoms with Crippen LogP contribution >= 0.6 is 0 Å². The largest absolute Gasteiger partial charge is 0.497 e. The molecule has 1 amide bonds. The van der Waals surface area contributed by atoms with E-state index in [1.54, 1.807) is 21.1 Å². The number of carbonyl (C=O) groups is 2. The zero-order chi connectivity index (χ0) is 20.7. The molecule has 0 saturated heterocycles. The molecule has 2 rings (SSSR count). The van der Waals surface area contributed by atoms with E-state index in [-0.39, 0.29) is 5.91 Å². The number of aromatic nitrogens is 1. The molecular formula is C21H28N2O5. The predicted molar refractivity (Wildman–Crippen MR) is 106 cm³/mol. The standard InChI is InChI=1S/C21H28N2O5/c1-6-7-16-18(21(25)28-5)13(2)23-19(16)20(24)22-11-10-14-12-15(26-3)8-9-17(14)27-4/h8-9,12,23H,6-7,10-11H2,1-5H3,(H,22,24). The van der Waals surface area contributed by atoms with Crippen LogP contribution in [0.1, 0.15) is 51.0 Å². The molecule has 0 aliphatic heterocycles. The van der Waals surface area contributed by atoms with Crippen LogP contribution < -0.4 is 14.8 Å². The maximum absolute atomic E-state index is 12.7. The van der Waals surface area contributed by atoms with Gasteiger partial charge in [0.15, 0.2) is 0 Å². The first kappa shape index (κ1) is 21.3. The Labute approximate surface area is 165 Å². The van der Waals surface area contributed by atoms with Crippen molar-refractivity contribution in [1.29, 1.82) is 0 Å². The lowest BCUT2D eigenvalue weighted by molar-refractivity contribution is 0.0599. The van der Waals surface area contributed by atoms with Gasteiger partial charge in [-0.05, 0) is 49.1 Å². The number of amides is 1. The summed E-state index contributed by atoms with van der Waals surface area (Å²) in [6.07, 6.45) is 2.00. The highest BCUT2D eigenvalue weighted by Gasteiger charge is 2.24. The van der Waals surface area contributed by atoms with Gasteiger partial charge in [0.2, 0.25) is 0 Å². The Morgan fingerprint density at radius 1 is 1.11 bits per heavy atom. The molecule has 0 aliphatic rings. The fourth-order valence-corrected chi connectivity index (χ4v) is 3.23. The minimum Gasteiger partial charge on any atom is -0.497 e. The Morgan fingerprint density at radius 3 is 2.46 bits per heavy atom. The fraction of sp³-hybridized carbons (Fsp3) is 0.429. The summed E-state index contributed by atoms with van der Waals surface area (Å²) in [5.74, 6) is 0.793. The molecule has 7 heteroatoms. The van der Waals surface area contributed by atoms with Gasteiger partial charge in [-0.3, -0.25) is 4.79 Å². The van der Waals surface area contributed by atoms with Gasteiger partial charge < -0.3 is 24.5 Å². The summed E-state index contributed by atoms with van der Waals surface area (Å²) < 4.78 is 15.5. The zero-order valence-corrected chi connectivity index (χ0v) is 17.1. The first-order valence-electron chi connectivity index (χ1n) is 9.25. The van der Waals surface area contributed by atoms with Crippen LogP contribution in [0.2, 0.25) is 0 Å². The van der Waals surface area contributed by atoms with E-state index in [0.29, 0.717) is 41.9 Å². The van der Waals surface area contributed by atoms with Crippen LogP contribution in [0.25, 0.3) is 0 Å². The molecule has 2 aromatic rings. The van der Waals surface area contributed by atoms with E-state index in [9.17, 15) is 9.59 Å². The predicted octanol–water partition coefficient (Wildman–Crippen LogP) is 3.05. The van der Waals surface area contributed by atoms with Crippen LogP contribution in [0, 0.1) is 6.92 Å². The Hall–Kier alpha value is -2.96. The maximum Gasteiger partial charge on any atom is 0.339 e. The SMILES string of the molecule is CCCc1c(C(=O)NCCc2cc(OC)ccc2OC)[nH]c(C)c1C(=O)OC. The van der Waals surface area contributed by atoms with Gasteiger partial charge in [-0.1, -0.05) is 13.3 Å². The van der Waals surface area contributed by atoms with E-state index in [1.807, 2.05) is 25.1 Å². The number of methoxy groups -OCH3 is 3. The van der Waals surface area contributed by atoms with Crippen molar-refractivity contribution in [2.45, 2.75) is 33.1 Å². The van der Waals surface area contributed by atoms with Gasteiger partial charge in [0.25, 0.3) is 5.91 Å². The molecule has 0 bridgehead atoms. The van der Waals surface area contributed by atoms with Gasteiger partial charge >= 0.3 is 5.97 Å². The van der Waals surface area contributed by atoms with Gasteiger partial charge in [0, 0.05) is 12.2 Å². The molecule has 0 unspecified atom stereocenters. The van der Waals surface area contributed by atoms with Crippen molar-refractivity contribution in [2.75, 3.05) is 27.9 Å². The van der Waals surface area contributed by atoms with Crippen LogP contribution in [-0.4, -0.2) is 44.7 Å². The number of benzene rings is 1. The lowest BCUT2D eigenvalue weighted by Crippen LogP contribution is -2.27. The van der Waals surface area contributed by atoms with E-state index in [2.05, 4.69) is 10.3 Å². The van der Waals surface area contributed by atoms with Gasteiger partial charge in [0.1, 0.15) is 17.2 Å². The lowest BCUT2D eigenvalue weighted by Gasteiger charge is -2.11. The topological polar surface area (TPSA) is 89.7 Å². The monoisotopic (exact) mass is 388 g/mol. The number of esters is 1. The smallest absolute Gasteiger partial charge is 0.339 e. The maximum atomic E-state index is 12.7. The average molecular weight is 388 g/mol. The molecule has 28 heavy (non-hydrogen) atoms. The highest BCUT2D eigenvalue weighted by Crippen LogP contribution is 2.24. The number of rotatable bonds is 9. The molecule has 1 aromatic heterocycles. The van der Waals surface area contributed by atoms with Crippen LogP contribution in [0.15, 0.2) is 18.2 Å². The van der Waals surface area contributed by atoms with E-state index in [1.165, 1.54) is 7.11 Å². The Morgan fingerprint density at radius 2 is 1.86 bits per heavy atom. The summed E-state index contributed by atoms with van der Waals surface area (Å²) in [4.78, 5) is 27.9. The number of H-pyrrole nitrogens is 1. The Bertz CT molecular complexity index is 842. The summed E-state index contributed by atoms with van der Waals surface area (Å²) in [6, 6.07) is 5.56.